The number of nitriles is 1. The minimum atomic E-state index is -0.602. The summed E-state index contributed by atoms with van der Waals surface area (Å²) in [5.41, 5.74) is 0.0745. The van der Waals surface area contributed by atoms with Gasteiger partial charge >= 0.3 is 0 Å². The van der Waals surface area contributed by atoms with Gasteiger partial charge in [-0.1, -0.05) is 44.0 Å². The van der Waals surface area contributed by atoms with E-state index in [1.54, 1.807) is 39.0 Å². The van der Waals surface area contributed by atoms with Crippen LogP contribution in [-0.2, 0) is 4.79 Å². The maximum absolute atomic E-state index is 12.0. The van der Waals surface area contributed by atoms with Gasteiger partial charge in [0.1, 0.15) is 11.6 Å². The van der Waals surface area contributed by atoms with Crippen LogP contribution in [0.4, 0.5) is 5.69 Å². The Bertz CT molecular complexity index is 546. The fourth-order valence-electron chi connectivity index (χ4n) is 1.35. The zero-order chi connectivity index (χ0) is 14.6. The number of carbonyl (C=O) groups excluding carboxylic acids is 1. The van der Waals surface area contributed by atoms with Crippen molar-refractivity contribution >= 4 is 34.7 Å². The minimum absolute atomic E-state index is 0.0589. The van der Waals surface area contributed by atoms with Gasteiger partial charge in [0.05, 0.1) is 0 Å². The fourth-order valence-corrected chi connectivity index (χ4v) is 1.87. The Kier molecular flexibility index (Phi) is 4.99. The summed E-state index contributed by atoms with van der Waals surface area (Å²) in [5, 5.41) is 12.8. The first-order chi connectivity index (χ1) is 8.74. The van der Waals surface area contributed by atoms with Crippen LogP contribution in [0.2, 0.25) is 10.0 Å². The molecule has 0 heterocycles. The van der Waals surface area contributed by atoms with Gasteiger partial charge in [0, 0.05) is 27.3 Å². The van der Waals surface area contributed by atoms with Crippen LogP contribution in [-0.4, -0.2) is 5.78 Å². The first-order valence-electron chi connectivity index (χ1n) is 5.62. The highest BCUT2D eigenvalue weighted by molar-refractivity contribution is 6.35. The smallest absolute Gasteiger partial charge is 0.180 e. The lowest BCUT2D eigenvalue weighted by molar-refractivity contribution is -0.122. The number of benzene rings is 1. The summed E-state index contributed by atoms with van der Waals surface area (Å²) in [6.45, 7) is 5.28. The second-order valence-corrected chi connectivity index (χ2v) is 5.92. The van der Waals surface area contributed by atoms with Crippen molar-refractivity contribution in [2.75, 3.05) is 5.32 Å². The van der Waals surface area contributed by atoms with Gasteiger partial charge in [0.25, 0.3) is 0 Å². The zero-order valence-electron chi connectivity index (χ0n) is 10.9. The van der Waals surface area contributed by atoms with Gasteiger partial charge in [0.2, 0.25) is 0 Å². The maximum Gasteiger partial charge on any atom is 0.180 e. The van der Waals surface area contributed by atoms with Crippen LogP contribution in [0.1, 0.15) is 20.8 Å². The quantitative estimate of drug-likeness (QED) is 0.663. The molecule has 0 aliphatic heterocycles. The van der Waals surface area contributed by atoms with E-state index in [9.17, 15) is 4.79 Å². The van der Waals surface area contributed by atoms with E-state index in [0.29, 0.717) is 15.7 Å². The minimum Gasteiger partial charge on any atom is -0.360 e. The standard InChI is InChI=1S/C14H14Cl2N2O/c1-14(2,3)13(19)9(7-17)8-18-12-5-10(15)4-11(16)6-12/h4-6,8,18H,1-3H3/b9-8-. The Morgan fingerprint density at radius 2 is 1.79 bits per heavy atom. The van der Waals surface area contributed by atoms with Crippen LogP contribution in [0.3, 0.4) is 0 Å². The lowest BCUT2D eigenvalue weighted by Gasteiger charge is -2.15. The molecule has 0 bridgehead atoms. The Balaban J connectivity index is 2.96. The number of ketones is 1. The Morgan fingerprint density at radius 1 is 1.26 bits per heavy atom. The summed E-state index contributed by atoms with van der Waals surface area (Å²) in [6, 6.07) is 6.80. The topological polar surface area (TPSA) is 52.9 Å². The summed E-state index contributed by atoms with van der Waals surface area (Å²) >= 11 is 11.7. The molecule has 1 N–H and O–H groups in total. The molecule has 19 heavy (non-hydrogen) atoms. The van der Waals surface area contributed by atoms with Crippen molar-refractivity contribution in [3.8, 4) is 6.07 Å². The van der Waals surface area contributed by atoms with Gasteiger partial charge in [-0.15, -0.1) is 0 Å². The van der Waals surface area contributed by atoms with Crippen LogP contribution in [0.15, 0.2) is 30.0 Å². The molecular weight excluding hydrogens is 283 g/mol. The van der Waals surface area contributed by atoms with Crippen LogP contribution in [0, 0.1) is 16.7 Å². The predicted molar refractivity (Wildman–Crippen MR) is 78.2 cm³/mol. The third-order valence-corrected chi connectivity index (χ3v) is 2.73. The fraction of sp³-hybridized carbons (Fsp3) is 0.286. The Labute approximate surface area is 122 Å². The monoisotopic (exact) mass is 296 g/mol. The van der Waals surface area contributed by atoms with Crippen LogP contribution < -0.4 is 5.32 Å². The number of hydrogen-bond acceptors (Lipinski definition) is 3. The van der Waals surface area contributed by atoms with Crippen molar-refractivity contribution in [2.24, 2.45) is 5.41 Å². The van der Waals surface area contributed by atoms with Crippen molar-refractivity contribution in [1.29, 1.82) is 5.26 Å². The van der Waals surface area contributed by atoms with Crippen molar-refractivity contribution in [3.05, 3.63) is 40.0 Å². The highest BCUT2D eigenvalue weighted by Crippen LogP contribution is 2.23. The summed E-state index contributed by atoms with van der Waals surface area (Å²) in [6.07, 6.45) is 1.37. The van der Waals surface area contributed by atoms with Crippen molar-refractivity contribution < 1.29 is 4.79 Å². The molecule has 0 unspecified atom stereocenters. The number of allylic oxidation sites excluding steroid dienone is 1. The van der Waals surface area contributed by atoms with Gasteiger partial charge in [-0.25, -0.2) is 0 Å². The lowest BCUT2D eigenvalue weighted by Crippen LogP contribution is -2.22. The largest absolute Gasteiger partial charge is 0.360 e. The van der Waals surface area contributed by atoms with E-state index < -0.39 is 5.41 Å². The van der Waals surface area contributed by atoms with Crippen molar-refractivity contribution in [2.45, 2.75) is 20.8 Å². The molecule has 100 valence electrons. The molecule has 0 amide bonds. The number of rotatable bonds is 3. The number of carbonyl (C=O) groups is 1. The maximum atomic E-state index is 12.0. The molecule has 1 rings (SSSR count). The number of nitrogens with zero attached hydrogens (tertiary/aromatic N) is 1. The van der Waals surface area contributed by atoms with Gasteiger partial charge in [-0.3, -0.25) is 4.79 Å². The number of hydrogen-bond donors (Lipinski definition) is 1. The molecule has 0 aliphatic carbocycles. The van der Waals surface area contributed by atoms with E-state index in [1.165, 1.54) is 6.20 Å². The van der Waals surface area contributed by atoms with Gasteiger partial charge in [0.15, 0.2) is 5.78 Å². The second-order valence-electron chi connectivity index (χ2n) is 5.05. The molecule has 0 aliphatic rings. The van der Waals surface area contributed by atoms with Gasteiger partial charge < -0.3 is 5.32 Å². The summed E-state index contributed by atoms with van der Waals surface area (Å²) in [4.78, 5) is 12.0. The third-order valence-electron chi connectivity index (χ3n) is 2.29. The van der Waals surface area contributed by atoms with E-state index in [1.807, 2.05) is 6.07 Å². The molecule has 3 nitrogen and oxygen atoms in total. The van der Waals surface area contributed by atoms with Gasteiger partial charge in [-0.2, -0.15) is 5.26 Å². The van der Waals surface area contributed by atoms with Crippen LogP contribution >= 0.6 is 23.2 Å². The summed E-state index contributed by atoms with van der Waals surface area (Å²) < 4.78 is 0. The van der Waals surface area contributed by atoms with Crippen LogP contribution in [0.25, 0.3) is 0 Å². The van der Waals surface area contributed by atoms with Crippen molar-refractivity contribution in [1.82, 2.24) is 0 Å². The Hall–Kier alpha value is -1.50. The molecule has 5 heteroatoms. The Morgan fingerprint density at radius 3 is 2.21 bits per heavy atom. The van der Waals surface area contributed by atoms with E-state index in [2.05, 4.69) is 5.32 Å². The third kappa shape index (κ3) is 4.59. The van der Waals surface area contributed by atoms with E-state index in [-0.39, 0.29) is 11.4 Å². The zero-order valence-corrected chi connectivity index (χ0v) is 12.4. The SMILES string of the molecule is CC(C)(C)C(=O)/C(C#N)=C\Nc1cc(Cl)cc(Cl)c1. The average Bonchev–Trinajstić information content (AvgIpc) is 2.27. The van der Waals surface area contributed by atoms with Gasteiger partial charge in [-0.05, 0) is 18.2 Å². The average molecular weight is 297 g/mol. The predicted octanol–water partition coefficient (Wildman–Crippen LogP) is 4.43. The number of nitrogens with one attached hydrogen (secondary N) is 1. The molecule has 0 fully saturated rings. The molecule has 0 spiro atoms. The molecule has 0 radical (unpaired) electrons. The lowest BCUT2D eigenvalue weighted by atomic mass is 9.87. The molecule has 0 saturated carbocycles. The summed E-state index contributed by atoms with van der Waals surface area (Å²) in [7, 11) is 0. The molecule has 0 aromatic heterocycles. The molecule has 1 aromatic carbocycles. The van der Waals surface area contributed by atoms with E-state index >= 15 is 0 Å². The van der Waals surface area contributed by atoms with E-state index in [4.69, 9.17) is 28.5 Å². The normalized spacial score (nSPS) is 11.9. The number of anilines is 1. The second kappa shape index (κ2) is 6.10. The van der Waals surface area contributed by atoms with E-state index in [0.717, 1.165) is 0 Å². The number of Topliss-reactive ketones (excluding diaryl/α,β-unsaturated/α-hetero) is 1. The summed E-state index contributed by atoms with van der Waals surface area (Å²) in [5.74, 6) is -0.226. The molecule has 1 aromatic rings. The highest BCUT2D eigenvalue weighted by Gasteiger charge is 2.24. The number of halogens is 2. The first-order valence-corrected chi connectivity index (χ1v) is 6.37. The molecular formula is C14H14Cl2N2O. The highest BCUT2D eigenvalue weighted by atomic mass is 35.5. The molecule has 0 atom stereocenters. The van der Waals surface area contributed by atoms with Crippen molar-refractivity contribution in [3.63, 3.8) is 0 Å². The van der Waals surface area contributed by atoms with Crippen LogP contribution in [0.5, 0.6) is 0 Å². The first kappa shape index (κ1) is 15.6. The molecule has 0 saturated heterocycles.